The van der Waals surface area contributed by atoms with E-state index in [1.54, 1.807) is 6.33 Å². The molecule has 2 heterocycles. The molecular formula is C27H33Cl2FN6. The number of piperidine rings is 1. The Morgan fingerprint density at radius 3 is 2.17 bits per heavy atom. The van der Waals surface area contributed by atoms with E-state index in [0.717, 1.165) is 31.5 Å². The molecule has 1 atom stereocenters. The maximum atomic E-state index is 13.5. The molecule has 192 valence electrons. The number of nitrogens with zero attached hydrogens (tertiary/aromatic N) is 5. The molecule has 1 fully saturated rings. The minimum atomic E-state index is -0.222. The van der Waals surface area contributed by atoms with Crippen LogP contribution in [0.2, 0.25) is 0 Å². The van der Waals surface area contributed by atoms with E-state index < -0.39 is 0 Å². The number of hydrogen-bond donors (Lipinski definition) is 1. The van der Waals surface area contributed by atoms with Crippen LogP contribution in [0.25, 0.3) is 0 Å². The van der Waals surface area contributed by atoms with Gasteiger partial charge in [0.15, 0.2) is 0 Å². The average Bonchev–Trinajstić information content (AvgIpc) is 2.89. The molecule has 0 spiro atoms. The first-order chi connectivity index (χ1) is 16.7. The van der Waals surface area contributed by atoms with Gasteiger partial charge in [-0.3, -0.25) is 0 Å². The fraction of sp³-hybridized carbons (Fsp3) is 0.296. The summed E-state index contributed by atoms with van der Waals surface area (Å²) < 4.78 is 13.5. The predicted molar refractivity (Wildman–Crippen MR) is 150 cm³/mol. The monoisotopic (exact) mass is 530 g/mol. The minimum absolute atomic E-state index is 0. The van der Waals surface area contributed by atoms with E-state index in [2.05, 4.69) is 45.5 Å². The van der Waals surface area contributed by atoms with Crippen molar-refractivity contribution in [3.63, 3.8) is 0 Å². The van der Waals surface area contributed by atoms with Crippen LogP contribution in [-0.2, 0) is 0 Å². The number of hydrogen-bond acceptors (Lipinski definition) is 6. The zero-order valence-corrected chi connectivity index (χ0v) is 21.8. The van der Waals surface area contributed by atoms with Gasteiger partial charge in [0.25, 0.3) is 0 Å². The van der Waals surface area contributed by atoms with Crippen LogP contribution in [-0.4, -0.2) is 47.2 Å². The zero-order valence-electron chi connectivity index (χ0n) is 20.2. The van der Waals surface area contributed by atoms with Gasteiger partial charge in [0.2, 0.25) is 11.9 Å². The molecule has 0 saturated carbocycles. The predicted octanol–water partition coefficient (Wildman–Crippen LogP) is 5.38. The summed E-state index contributed by atoms with van der Waals surface area (Å²) in [6, 6.07) is 17.4. The first-order valence-corrected chi connectivity index (χ1v) is 11.6. The number of anilines is 2. The molecule has 0 radical (unpaired) electrons. The summed E-state index contributed by atoms with van der Waals surface area (Å²) in [5.41, 5.74) is 2.23. The summed E-state index contributed by atoms with van der Waals surface area (Å²) in [6.07, 6.45) is 7.13. The van der Waals surface area contributed by atoms with Crippen molar-refractivity contribution < 1.29 is 4.39 Å². The molecule has 1 saturated heterocycles. The molecule has 1 N–H and O–H groups in total. The van der Waals surface area contributed by atoms with E-state index in [1.807, 2.05) is 47.4 Å². The molecule has 9 heteroatoms. The third-order valence-electron chi connectivity index (χ3n) is 6.04. The van der Waals surface area contributed by atoms with E-state index in [-0.39, 0.29) is 36.7 Å². The Kier molecular flexibility index (Phi) is 11.8. The van der Waals surface area contributed by atoms with Gasteiger partial charge in [-0.1, -0.05) is 54.6 Å². The molecule has 1 aliphatic rings. The van der Waals surface area contributed by atoms with E-state index in [1.165, 1.54) is 17.7 Å². The summed E-state index contributed by atoms with van der Waals surface area (Å²) in [5.74, 6) is 1.10. The van der Waals surface area contributed by atoms with Gasteiger partial charge in [-0.2, -0.15) is 4.98 Å². The lowest BCUT2D eigenvalue weighted by Gasteiger charge is -2.35. The van der Waals surface area contributed by atoms with Crippen LogP contribution >= 0.6 is 24.8 Å². The second kappa shape index (κ2) is 14.5. The SMILES string of the molecule is C=CCN(CC=C)c1ncnc(N2CCC(NC(c3ccccc3)c3ccc(F)cc3)CC2)n1.Cl.Cl. The first-order valence-electron chi connectivity index (χ1n) is 11.6. The highest BCUT2D eigenvalue weighted by atomic mass is 35.5. The summed E-state index contributed by atoms with van der Waals surface area (Å²) in [6.45, 7) is 10.6. The maximum Gasteiger partial charge on any atom is 0.230 e. The molecule has 0 amide bonds. The van der Waals surface area contributed by atoms with Crippen LogP contribution in [0.4, 0.5) is 16.3 Å². The van der Waals surface area contributed by atoms with Crippen molar-refractivity contribution in [2.75, 3.05) is 36.0 Å². The largest absolute Gasteiger partial charge is 0.341 e. The lowest BCUT2D eigenvalue weighted by atomic mass is 9.95. The molecule has 1 aromatic heterocycles. The molecule has 1 unspecified atom stereocenters. The molecule has 0 bridgehead atoms. The van der Waals surface area contributed by atoms with Gasteiger partial charge in [0.05, 0.1) is 6.04 Å². The van der Waals surface area contributed by atoms with Crippen molar-refractivity contribution in [1.82, 2.24) is 20.3 Å². The van der Waals surface area contributed by atoms with E-state index in [0.29, 0.717) is 31.0 Å². The Labute approximate surface area is 225 Å². The minimum Gasteiger partial charge on any atom is -0.341 e. The quantitative estimate of drug-likeness (QED) is 0.355. The van der Waals surface area contributed by atoms with Gasteiger partial charge in [-0.05, 0) is 36.1 Å². The van der Waals surface area contributed by atoms with Crippen molar-refractivity contribution in [2.24, 2.45) is 0 Å². The van der Waals surface area contributed by atoms with Crippen LogP contribution in [0.1, 0.15) is 30.0 Å². The van der Waals surface area contributed by atoms with Gasteiger partial charge < -0.3 is 15.1 Å². The topological polar surface area (TPSA) is 57.2 Å². The van der Waals surface area contributed by atoms with Crippen LogP contribution < -0.4 is 15.1 Å². The average molecular weight is 532 g/mol. The van der Waals surface area contributed by atoms with E-state index >= 15 is 0 Å². The molecule has 1 aliphatic heterocycles. The normalized spacial score (nSPS) is 14.2. The highest BCUT2D eigenvalue weighted by Crippen LogP contribution is 2.26. The number of benzene rings is 2. The smallest absolute Gasteiger partial charge is 0.230 e. The number of nitrogens with one attached hydrogen (secondary N) is 1. The van der Waals surface area contributed by atoms with Crippen molar-refractivity contribution in [1.29, 1.82) is 0 Å². The second-order valence-electron chi connectivity index (χ2n) is 8.39. The van der Waals surface area contributed by atoms with Crippen molar-refractivity contribution in [2.45, 2.75) is 24.9 Å². The van der Waals surface area contributed by atoms with Gasteiger partial charge in [-0.15, -0.1) is 38.0 Å². The van der Waals surface area contributed by atoms with E-state index in [4.69, 9.17) is 4.98 Å². The van der Waals surface area contributed by atoms with Crippen molar-refractivity contribution >= 4 is 36.7 Å². The molecule has 4 rings (SSSR count). The Bertz CT molecular complexity index is 1070. The summed E-state index contributed by atoms with van der Waals surface area (Å²) in [5, 5.41) is 3.81. The highest BCUT2D eigenvalue weighted by Gasteiger charge is 2.25. The number of aromatic nitrogens is 3. The molecule has 0 aliphatic carbocycles. The van der Waals surface area contributed by atoms with Crippen LogP contribution in [0.3, 0.4) is 0 Å². The number of halogens is 3. The molecule has 36 heavy (non-hydrogen) atoms. The van der Waals surface area contributed by atoms with Crippen LogP contribution in [0, 0.1) is 5.82 Å². The fourth-order valence-electron chi connectivity index (χ4n) is 4.30. The highest BCUT2D eigenvalue weighted by molar-refractivity contribution is 5.85. The maximum absolute atomic E-state index is 13.5. The summed E-state index contributed by atoms with van der Waals surface area (Å²) >= 11 is 0. The van der Waals surface area contributed by atoms with Crippen molar-refractivity contribution in [3.8, 4) is 0 Å². The molecule has 2 aromatic carbocycles. The lowest BCUT2D eigenvalue weighted by molar-refractivity contribution is 0.388. The first kappa shape index (κ1) is 29.2. The van der Waals surface area contributed by atoms with Gasteiger partial charge >= 0.3 is 0 Å². The van der Waals surface area contributed by atoms with Gasteiger partial charge in [0, 0.05) is 32.2 Å². The van der Waals surface area contributed by atoms with Crippen LogP contribution in [0.5, 0.6) is 0 Å². The van der Waals surface area contributed by atoms with Crippen LogP contribution in [0.15, 0.2) is 86.2 Å². The molecule has 3 aromatic rings. The third-order valence-corrected chi connectivity index (χ3v) is 6.04. The zero-order chi connectivity index (χ0) is 23.8. The third kappa shape index (κ3) is 7.50. The standard InChI is InChI=1S/C27H31FN6.2ClH/c1-3-16-33(17-4-2)26-29-20-30-27(32-26)34-18-14-24(15-19-34)31-25(21-8-6-5-7-9-21)22-10-12-23(28)13-11-22;;/h3-13,20,24-25,31H,1-2,14-19H2;2*1H. The molecular weight excluding hydrogens is 498 g/mol. The summed E-state index contributed by atoms with van der Waals surface area (Å²) in [7, 11) is 0. The fourth-order valence-corrected chi connectivity index (χ4v) is 4.30. The van der Waals surface area contributed by atoms with Crippen molar-refractivity contribution in [3.05, 3.63) is 103 Å². The molecule has 6 nitrogen and oxygen atoms in total. The Balaban J connectivity index is 0.00000228. The number of rotatable bonds is 10. The Hall–Kier alpha value is -3.00. The lowest BCUT2D eigenvalue weighted by Crippen LogP contribution is -2.44. The van der Waals surface area contributed by atoms with Gasteiger partial charge in [0.1, 0.15) is 12.1 Å². The second-order valence-corrected chi connectivity index (χ2v) is 8.39. The Morgan fingerprint density at radius 2 is 1.56 bits per heavy atom. The van der Waals surface area contributed by atoms with E-state index in [9.17, 15) is 4.39 Å². The van der Waals surface area contributed by atoms with Gasteiger partial charge in [-0.25, -0.2) is 14.4 Å². The Morgan fingerprint density at radius 1 is 0.944 bits per heavy atom. The summed E-state index contributed by atoms with van der Waals surface area (Å²) in [4.78, 5) is 17.7.